The van der Waals surface area contributed by atoms with Gasteiger partial charge in [-0.15, -0.1) is 0 Å². The van der Waals surface area contributed by atoms with Crippen molar-refractivity contribution < 1.29 is 24.3 Å². The standard InChI is InChI=1S/C26H37NO5/c1-2-3-4-5-6-7-8-9-10-11-14-21(28)19-20(26(31)32)17-18-27-24(29)22-15-12-13-16-23(22)25(27)30/h12-13,15-16,20H,2-11,14,17-19H2,1H3,(H,31,32). The summed E-state index contributed by atoms with van der Waals surface area (Å²) in [5.74, 6) is -2.79. The first-order chi connectivity index (χ1) is 15.5. The minimum Gasteiger partial charge on any atom is -0.481 e. The van der Waals surface area contributed by atoms with Crippen LogP contribution in [0.25, 0.3) is 0 Å². The van der Waals surface area contributed by atoms with Gasteiger partial charge in [-0.1, -0.05) is 76.8 Å². The van der Waals surface area contributed by atoms with Crippen LogP contribution >= 0.6 is 0 Å². The van der Waals surface area contributed by atoms with Crippen LogP contribution in [-0.4, -0.2) is 40.1 Å². The molecule has 1 aliphatic heterocycles. The number of unbranched alkanes of at least 4 members (excludes halogenated alkanes) is 9. The van der Waals surface area contributed by atoms with Crippen LogP contribution in [0.15, 0.2) is 24.3 Å². The van der Waals surface area contributed by atoms with Gasteiger partial charge in [0.1, 0.15) is 5.78 Å². The van der Waals surface area contributed by atoms with Crippen molar-refractivity contribution in [3.63, 3.8) is 0 Å². The third-order valence-electron chi connectivity index (χ3n) is 6.21. The highest BCUT2D eigenvalue weighted by molar-refractivity contribution is 6.21. The molecule has 1 unspecified atom stereocenters. The monoisotopic (exact) mass is 443 g/mol. The zero-order chi connectivity index (χ0) is 23.3. The van der Waals surface area contributed by atoms with Crippen LogP contribution in [0, 0.1) is 5.92 Å². The molecule has 1 aromatic carbocycles. The molecule has 0 fully saturated rings. The van der Waals surface area contributed by atoms with Crippen molar-refractivity contribution in [2.24, 2.45) is 5.92 Å². The van der Waals surface area contributed by atoms with Gasteiger partial charge in [-0.2, -0.15) is 0 Å². The number of aliphatic carboxylic acids is 1. The van der Waals surface area contributed by atoms with E-state index in [4.69, 9.17) is 0 Å². The number of imide groups is 1. The van der Waals surface area contributed by atoms with Gasteiger partial charge in [-0.25, -0.2) is 0 Å². The van der Waals surface area contributed by atoms with E-state index in [1.807, 2.05) is 0 Å². The average Bonchev–Trinajstić information content (AvgIpc) is 3.02. The van der Waals surface area contributed by atoms with Gasteiger partial charge in [0.05, 0.1) is 17.0 Å². The number of carbonyl (C=O) groups is 4. The molecule has 1 aromatic rings. The lowest BCUT2D eigenvalue weighted by Crippen LogP contribution is -2.33. The lowest BCUT2D eigenvalue weighted by Gasteiger charge is -2.17. The first-order valence-electron chi connectivity index (χ1n) is 12.2. The van der Waals surface area contributed by atoms with Crippen LogP contribution in [0.2, 0.25) is 0 Å². The lowest BCUT2D eigenvalue weighted by molar-refractivity contribution is -0.144. The van der Waals surface area contributed by atoms with E-state index in [0.29, 0.717) is 17.5 Å². The molecule has 6 nitrogen and oxygen atoms in total. The van der Waals surface area contributed by atoms with E-state index in [9.17, 15) is 24.3 Å². The molecule has 2 rings (SSSR count). The summed E-state index contributed by atoms with van der Waals surface area (Å²) in [4.78, 5) is 49.8. The Hall–Kier alpha value is -2.50. The van der Waals surface area contributed by atoms with E-state index in [-0.39, 0.29) is 25.2 Å². The Labute approximate surface area is 191 Å². The first-order valence-corrected chi connectivity index (χ1v) is 12.2. The van der Waals surface area contributed by atoms with Crippen molar-refractivity contribution in [1.29, 1.82) is 0 Å². The highest BCUT2D eigenvalue weighted by Gasteiger charge is 2.35. The maximum atomic E-state index is 12.4. The van der Waals surface area contributed by atoms with Gasteiger partial charge in [-0.05, 0) is 25.0 Å². The smallest absolute Gasteiger partial charge is 0.307 e. The Kier molecular flexibility index (Phi) is 11.1. The second-order valence-electron chi connectivity index (χ2n) is 8.81. The number of carbonyl (C=O) groups excluding carboxylic acids is 3. The predicted molar refractivity (Wildman–Crippen MR) is 124 cm³/mol. The van der Waals surface area contributed by atoms with Gasteiger partial charge in [-0.3, -0.25) is 24.1 Å². The number of Topliss-reactive ketones (excluding diaryl/α,β-unsaturated/α-hetero) is 1. The Bertz CT molecular complexity index is 753. The summed E-state index contributed by atoms with van der Waals surface area (Å²) < 4.78 is 0. The fourth-order valence-corrected chi connectivity index (χ4v) is 4.23. The molecule has 6 heteroatoms. The Morgan fingerprint density at radius 1 is 0.844 bits per heavy atom. The number of rotatable bonds is 17. The molecule has 1 N–H and O–H groups in total. The highest BCUT2D eigenvalue weighted by atomic mass is 16.4. The van der Waals surface area contributed by atoms with Crippen LogP contribution in [-0.2, 0) is 9.59 Å². The molecule has 176 valence electrons. The molecule has 0 saturated carbocycles. The summed E-state index contributed by atoms with van der Waals surface area (Å²) in [7, 11) is 0. The van der Waals surface area contributed by atoms with E-state index >= 15 is 0 Å². The molecule has 0 radical (unpaired) electrons. The third kappa shape index (κ3) is 7.88. The van der Waals surface area contributed by atoms with Gasteiger partial charge in [0.15, 0.2) is 0 Å². The second kappa shape index (κ2) is 13.8. The summed E-state index contributed by atoms with van der Waals surface area (Å²) in [6.45, 7) is 2.23. The molecule has 1 heterocycles. The fraction of sp³-hybridized carbons (Fsp3) is 0.615. The summed E-state index contributed by atoms with van der Waals surface area (Å²) in [5, 5.41) is 9.51. The zero-order valence-corrected chi connectivity index (χ0v) is 19.3. The summed E-state index contributed by atoms with van der Waals surface area (Å²) >= 11 is 0. The van der Waals surface area contributed by atoms with Gasteiger partial charge in [0.2, 0.25) is 0 Å². The number of fused-ring (bicyclic) bond motifs is 1. The first kappa shape index (κ1) is 25.8. The molecular formula is C26H37NO5. The molecule has 0 aromatic heterocycles. The van der Waals surface area contributed by atoms with Crippen molar-refractivity contribution >= 4 is 23.6 Å². The van der Waals surface area contributed by atoms with E-state index in [0.717, 1.165) is 24.2 Å². The van der Waals surface area contributed by atoms with Crippen LogP contribution in [0.1, 0.15) is 111 Å². The molecule has 1 atom stereocenters. The fourth-order valence-electron chi connectivity index (χ4n) is 4.23. The van der Waals surface area contributed by atoms with E-state index < -0.39 is 23.7 Å². The minimum absolute atomic E-state index is 0.00878. The van der Waals surface area contributed by atoms with Crippen molar-refractivity contribution in [1.82, 2.24) is 4.90 Å². The number of carboxylic acids is 1. The average molecular weight is 444 g/mol. The number of nitrogens with zero attached hydrogens (tertiary/aromatic N) is 1. The number of hydrogen-bond donors (Lipinski definition) is 1. The van der Waals surface area contributed by atoms with Gasteiger partial charge < -0.3 is 5.11 Å². The quantitative estimate of drug-likeness (QED) is 0.248. The molecule has 32 heavy (non-hydrogen) atoms. The van der Waals surface area contributed by atoms with Crippen molar-refractivity contribution in [2.45, 2.75) is 90.4 Å². The number of benzene rings is 1. The van der Waals surface area contributed by atoms with E-state index in [1.54, 1.807) is 24.3 Å². The topological polar surface area (TPSA) is 91.8 Å². The maximum Gasteiger partial charge on any atom is 0.307 e. The van der Waals surface area contributed by atoms with E-state index in [1.165, 1.54) is 44.9 Å². The van der Waals surface area contributed by atoms with Gasteiger partial charge >= 0.3 is 5.97 Å². The van der Waals surface area contributed by atoms with Gasteiger partial charge in [0.25, 0.3) is 11.8 Å². The number of carboxylic acid groups (broad SMARTS) is 1. The predicted octanol–water partition coefficient (Wildman–Crippen LogP) is 5.64. The van der Waals surface area contributed by atoms with Crippen molar-refractivity contribution in [3.05, 3.63) is 35.4 Å². The Morgan fingerprint density at radius 2 is 1.34 bits per heavy atom. The largest absolute Gasteiger partial charge is 0.481 e. The van der Waals surface area contributed by atoms with Crippen molar-refractivity contribution in [3.8, 4) is 0 Å². The third-order valence-corrected chi connectivity index (χ3v) is 6.21. The maximum absolute atomic E-state index is 12.4. The molecule has 0 bridgehead atoms. The van der Waals surface area contributed by atoms with Gasteiger partial charge in [0, 0.05) is 19.4 Å². The summed E-state index contributed by atoms with van der Waals surface area (Å²) in [5.41, 5.74) is 0.697. The molecule has 0 aliphatic carbocycles. The molecule has 1 aliphatic rings. The molecule has 2 amide bonds. The number of ketones is 1. The SMILES string of the molecule is CCCCCCCCCCCCC(=O)CC(CCN1C(=O)c2ccccc2C1=O)C(=O)O. The minimum atomic E-state index is -1.06. The molecule has 0 spiro atoms. The van der Waals surface area contributed by atoms with Crippen LogP contribution < -0.4 is 0 Å². The van der Waals surface area contributed by atoms with E-state index in [2.05, 4.69) is 6.92 Å². The normalized spacial score (nSPS) is 14.0. The zero-order valence-electron chi connectivity index (χ0n) is 19.3. The Morgan fingerprint density at radius 3 is 1.84 bits per heavy atom. The second-order valence-corrected chi connectivity index (χ2v) is 8.81. The highest BCUT2D eigenvalue weighted by Crippen LogP contribution is 2.24. The van der Waals surface area contributed by atoms with Crippen LogP contribution in [0.3, 0.4) is 0 Å². The lowest BCUT2D eigenvalue weighted by atomic mass is 9.96. The summed E-state index contributed by atoms with van der Waals surface area (Å²) in [6, 6.07) is 6.58. The molecular weight excluding hydrogens is 406 g/mol. The Balaban J connectivity index is 1.65. The molecule has 0 saturated heterocycles. The summed E-state index contributed by atoms with van der Waals surface area (Å²) in [6.07, 6.45) is 12.3. The van der Waals surface area contributed by atoms with Crippen molar-refractivity contribution in [2.75, 3.05) is 6.54 Å². The number of amides is 2. The number of hydrogen-bond acceptors (Lipinski definition) is 4. The van der Waals surface area contributed by atoms with Crippen LogP contribution in [0.4, 0.5) is 0 Å². The van der Waals surface area contributed by atoms with Crippen LogP contribution in [0.5, 0.6) is 0 Å².